The SMILES string of the molecule is CS(=O)(=O)c1cc(Br)cc(C(=O)NC2CCC(N)CC2)c1F.Cl. The molecular formula is C14H19BrClFN2O3S. The van der Waals surface area contributed by atoms with Crippen LogP contribution in [0.25, 0.3) is 0 Å². The van der Waals surface area contributed by atoms with Crippen molar-refractivity contribution in [3.05, 3.63) is 28.0 Å². The fourth-order valence-corrected chi connectivity index (χ4v) is 3.91. The fraction of sp³-hybridized carbons (Fsp3) is 0.500. The van der Waals surface area contributed by atoms with E-state index in [0.717, 1.165) is 38.0 Å². The number of amides is 1. The van der Waals surface area contributed by atoms with Gasteiger partial charge in [0, 0.05) is 22.8 Å². The van der Waals surface area contributed by atoms with Gasteiger partial charge in [0.15, 0.2) is 15.7 Å². The van der Waals surface area contributed by atoms with E-state index in [9.17, 15) is 17.6 Å². The molecule has 130 valence electrons. The Bertz CT molecular complexity index is 692. The Morgan fingerprint density at radius 2 is 1.87 bits per heavy atom. The van der Waals surface area contributed by atoms with Gasteiger partial charge in [-0.2, -0.15) is 0 Å². The summed E-state index contributed by atoms with van der Waals surface area (Å²) in [4.78, 5) is 11.8. The summed E-state index contributed by atoms with van der Waals surface area (Å²) in [5.74, 6) is -1.63. The summed E-state index contributed by atoms with van der Waals surface area (Å²) in [7, 11) is -3.75. The molecule has 0 aromatic heterocycles. The molecule has 5 nitrogen and oxygen atoms in total. The molecule has 0 radical (unpaired) electrons. The summed E-state index contributed by atoms with van der Waals surface area (Å²) >= 11 is 3.11. The van der Waals surface area contributed by atoms with Gasteiger partial charge in [0.05, 0.1) is 5.56 Å². The van der Waals surface area contributed by atoms with E-state index in [-0.39, 0.29) is 30.1 Å². The number of sulfone groups is 1. The van der Waals surface area contributed by atoms with E-state index in [1.807, 2.05) is 0 Å². The molecule has 0 spiro atoms. The number of hydrogen-bond acceptors (Lipinski definition) is 4. The molecule has 1 aliphatic rings. The van der Waals surface area contributed by atoms with Gasteiger partial charge >= 0.3 is 0 Å². The number of carbonyl (C=O) groups is 1. The van der Waals surface area contributed by atoms with Gasteiger partial charge < -0.3 is 11.1 Å². The summed E-state index contributed by atoms with van der Waals surface area (Å²) in [6.45, 7) is 0. The maximum atomic E-state index is 14.3. The summed E-state index contributed by atoms with van der Waals surface area (Å²) < 4.78 is 37.9. The molecule has 23 heavy (non-hydrogen) atoms. The van der Waals surface area contributed by atoms with Crippen molar-refractivity contribution in [2.45, 2.75) is 42.7 Å². The molecule has 0 bridgehead atoms. The van der Waals surface area contributed by atoms with Crippen LogP contribution < -0.4 is 11.1 Å². The van der Waals surface area contributed by atoms with Crippen molar-refractivity contribution in [3.63, 3.8) is 0 Å². The van der Waals surface area contributed by atoms with E-state index < -0.39 is 26.5 Å². The average Bonchev–Trinajstić information content (AvgIpc) is 2.42. The molecule has 1 aromatic rings. The lowest BCUT2D eigenvalue weighted by Gasteiger charge is -2.27. The predicted molar refractivity (Wildman–Crippen MR) is 92.2 cm³/mol. The molecule has 1 amide bonds. The monoisotopic (exact) mass is 428 g/mol. The number of carbonyl (C=O) groups excluding carboxylic acids is 1. The third-order valence-corrected chi connectivity index (χ3v) is 5.31. The number of nitrogens with two attached hydrogens (primary N) is 1. The van der Waals surface area contributed by atoms with Crippen molar-refractivity contribution < 1.29 is 17.6 Å². The summed E-state index contributed by atoms with van der Waals surface area (Å²) in [6, 6.07) is 2.52. The Morgan fingerprint density at radius 3 is 2.39 bits per heavy atom. The molecule has 2 rings (SSSR count). The zero-order chi connectivity index (χ0) is 16.5. The largest absolute Gasteiger partial charge is 0.349 e. The summed E-state index contributed by atoms with van der Waals surface area (Å²) in [6.07, 6.45) is 3.99. The van der Waals surface area contributed by atoms with Crippen molar-refractivity contribution in [3.8, 4) is 0 Å². The van der Waals surface area contributed by atoms with Crippen LogP contribution in [-0.2, 0) is 9.84 Å². The first-order valence-electron chi connectivity index (χ1n) is 6.94. The first-order valence-corrected chi connectivity index (χ1v) is 9.62. The lowest BCUT2D eigenvalue weighted by atomic mass is 9.91. The van der Waals surface area contributed by atoms with Gasteiger partial charge in [-0.1, -0.05) is 15.9 Å². The van der Waals surface area contributed by atoms with E-state index in [0.29, 0.717) is 4.47 Å². The Morgan fingerprint density at radius 1 is 1.30 bits per heavy atom. The second-order valence-electron chi connectivity index (χ2n) is 5.62. The van der Waals surface area contributed by atoms with Crippen LogP contribution in [0.2, 0.25) is 0 Å². The van der Waals surface area contributed by atoms with Gasteiger partial charge in [-0.05, 0) is 37.8 Å². The second-order valence-corrected chi connectivity index (χ2v) is 8.52. The third-order valence-electron chi connectivity index (χ3n) is 3.76. The minimum absolute atomic E-state index is 0. The van der Waals surface area contributed by atoms with E-state index in [1.54, 1.807) is 0 Å². The smallest absolute Gasteiger partial charge is 0.254 e. The molecule has 0 unspecified atom stereocenters. The van der Waals surface area contributed by atoms with Crippen LogP contribution in [0.3, 0.4) is 0 Å². The van der Waals surface area contributed by atoms with Gasteiger partial charge in [-0.25, -0.2) is 12.8 Å². The van der Waals surface area contributed by atoms with Crippen LogP contribution in [0.1, 0.15) is 36.0 Å². The quantitative estimate of drug-likeness (QED) is 0.772. The molecular weight excluding hydrogens is 411 g/mol. The minimum Gasteiger partial charge on any atom is -0.349 e. The first-order chi connectivity index (χ1) is 10.2. The highest BCUT2D eigenvalue weighted by molar-refractivity contribution is 9.10. The number of rotatable bonds is 3. The van der Waals surface area contributed by atoms with E-state index in [4.69, 9.17) is 5.73 Å². The second kappa shape index (κ2) is 7.92. The van der Waals surface area contributed by atoms with Crippen molar-refractivity contribution in [1.82, 2.24) is 5.32 Å². The predicted octanol–water partition coefficient (Wildman–Crippen LogP) is 2.41. The average molecular weight is 430 g/mol. The van der Waals surface area contributed by atoms with Crippen molar-refractivity contribution >= 4 is 44.1 Å². The van der Waals surface area contributed by atoms with Gasteiger partial charge in [0.2, 0.25) is 0 Å². The number of hydrogen-bond donors (Lipinski definition) is 2. The zero-order valence-corrected chi connectivity index (χ0v) is 15.7. The Kier molecular flexibility index (Phi) is 7.00. The van der Waals surface area contributed by atoms with Crippen LogP contribution in [0.5, 0.6) is 0 Å². The lowest BCUT2D eigenvalue weighted by molar-refractivity contribution is 0.0921. The van der Waals surface area contributed by atoms with E-state index >= 15 is 0 Å². The van der Waals surface area contributed by atoms with E-state index in [1.165, 1.54) is 6.07 Å². The molecule has 1 aliphatic carbocycles. The molecule has 1 saturated carbocycles. The van der Waals surface area contributed by atoms with Gasteiger partial charge in [-0.3, -0.25) is 4.79 Å². The summed E-state index contributed by atoms with van der Waals surface area (Å²) in [5.41, 5.74) is 5.53. The van der Waals surface area contributed by atoms with Crippen LogP contribution in [0.15, 0.2) is 21.5 Å². The third kappa shape index (κ3) is 5.14. The highest BCUT2D eigenvalue weighted by atomic mass is 79.9. The lowest BCUT2D eigenvalue weighted by Crippen LogP contribution is -2.40. The fourth-order valence-electron chi connectivity index (χ4n) is 2.53. The van der Waals surface area contributed by atoms with Crippen molar-refractivity contribution in [1.29, 1.82) is 0 Å². The van der Waals surface area contributed by atoms with E-state index in [2.05, 4.69) is 21.2 Å². The molecule has 1 aromatic carbocycles. The van der Waals surface area contributed by atoms with Crippen LogP contribution in [-0.4, -0.2) is 32.7 Å². The summed E-state index contributed by atoms with van der Waals surface area (Å²) in [5, 5.41) is 2.75. The highest BCUT2D eigenvalue weighted by Crippen LogP contribution is 2.25. The van der Waals surface area contributed by atoms with Crippen molar-refractivity contribution in [2.24, 2.45) is 5.73 Å². The Balaban J connectivity index is 0.00000264. The van der Waals surface area contributed by atoms with Crippen molar-refractivity contribution in [2.75, 3.05) is 6.26 Å². The molecule has 0 saturated heterocycles. The minimum atomic E-state index is -3.75. The molecule has 3 N–H and O–H groups in total. The molecule has 0 heterocycles. The topological polar surface area (TPSA) is 89.3 Å². The van der Waals surface area contributed by atoms with Crippen LogP contribution in [0, 0.1) is 5.82 Å². The van der Waals surface area contributed by atoms with Gasteiger partial charge in [-0.15, -0.1) is 12.4 Å². The molecule has 9 heteroatoms. The molecule has 0 atom stereocenters. The van der Waals surface area contributed by atoms with Crippen LogP contribution in [0.4, 0.5) is 4.39 Å². The first kappa shape index (κ1) is 20.3. The number of benzene rings is 1. The van der Waals surface area contributed by atoms with Crippen LogP contribution >= 0.6 is 28.3 Å². The van der Waals surface area contributed by atoms with Gasteiger partial charge in [0.1, 0.15) is 4.90 Å². The maximum absolute atomic E-state index is 14.3. The van der Waals surface area contributed by atoms with Gasteiger partial charge in [0.25, 0.3) is 5.91 Å². The molecule has 1 fully saturated rings. The molecule has 0 aliphatic heterocycles. The number of nitrogens with one attached hydrogen (secondary N) is 1. The Labute approximate surface area is 149 Å². The normalized spacial score (nSPS) is 21.4. The standard InChI is InChI=1S/C14H18BrFN2O3S.ClH/c1-22(20,21)12-7-8(15)6-11(13(12)16)14(19)18-10-4-2-9(17)3-5-10;/h6-7,9-10H,2-5,17H2,1H3,(H,18,19);1H. The Hall–Kier alpha value is -0.700. The number of halogens is 3. The highest BCUT2D eigenvalue weighted by Gasteiger charge is 2.25. The zero-order valence-electron chi connectivity index (χ0n) is 12.5. The maximum Gasteiger partial charge on any atom is 0.254 e.